The molecule has 0 bridgehead atoms. The van der Waals surface area contributed by atoms with Gasteiger partial charge < -0.3 is 9.31 Å². The quantitative estimate of drug-likeness (QED) is 0.796. The molecule has 20 heavy (non-hydrogen) atoms. The molecule has 0 unspecified atom stereocenters. The standard InChI is InChI=1S/C14H17BN2O2S/c1-13(2)14(3,4)19-15(18-13)11-7-16-12(17-8-11)10-5-6-20-9-10/h5-9H,1-4H3. The van der Waals surface area contributed by atoms with Crippen molar-refractivity contribution in [3.05, 3.63) is 29.2 Å². The molecule has 0 aromatic carbocycles. The van der Waals surface area contributed by atoms with E-state index in [-0.39, 0.29) is 11.2 Å². The Balaban J connectivity index is 1.83. The molecule has 1 fully saturated rings. The third-order valence-corrected chi connectivity index (χ3v) is 4.66. The Morgan fingerprint density at radius 3 is 2.15 bits per heavy atom. The molecule has 0 N–H and O–H groups in total. The fraction of sp³-hybridized carbons (Fsp3) is 0.429. The lowest BCUT2D eigenvalue weighted by Crippen LogP contribution is -2.41. The fourth-order valence-electron chi connectivity index (χ4n) is 1.98. The van der Waals surface area contributed by atoms with Gasteiger partial charge in [-0.15, -0.1) is 0 Å². The topological polar surface area (TPSA) is 44.2 Å². The number of rotatable bonds is 2. The van der Waals surface area contributed by atoms with E-state index in [1.165, 1.54) is 0 Å². The summed E-state index contributed by atoms with van der Waals surface area (Å²) in [4.78, 5) is 8.79. The Morgan fingerprint density at radius 1 is 1.05 bits per heavy atom. The van der Waals surface area contributed by atoms with E-state index in [2.05, 4.69) is 9.97 Å². The van der Waals surface area contributed by atoms with Crippen molar-refractivity contribution in [2.45, 2.75) is 38.9 Å². The summed E-state index contributed by atoms with van der Waals surface area (Å²) in [7, 11) is -0.406. The second-order valence-corrected chi connectivity index (χ2v) is 6.72. The van der Waals surface area contributed by atoms with E-state index in [9.17, 15) is 0 Å². The van der Waals surface area contributed by atoms with Gasteiger partial charge in [0.1, 0.15) is 0 Å². The molecule has 2 aromatic rings. The summed E-state index contributed by atoms with van der Waals surface area (Å²) in [5.74, 6) is 0.728. The molecule has 0 aliphatic carbocycles. The van der Waals surface area contributed by atoms with Gasteiger partial charge in [0.05, 0.1) is 11.2 Å². The van der Waals surface area contributed by atoms with Crippen molar-refractivity contribution in [2.75, 3.05) is 0 Å². The maximum atomic E-state index is 5.98. The maximum Gasteiger partial charge on any atom is 0.498 e. The average Bonchev–Trinajstić information content (AvgIpc) is 2.97. The minimum atomic E-state index is -0.406. The molecule has 0 atom stereocenters. The molecule has 3 rings (SSSR count). The van der Waals surface area contributed by atoms with Crippen molar-refractivity contribution < 1.29 is 9.31 Å². The van der Waals surface area contributed by atoms with Crippen LogP contribution in [0.25, 0.3) is 11.4 Å². The van der Waals surface area contributed by atoms with E-state index in [0.717, 1.165) is 16.9 Å². The van der Waals surface area contributed by atoms with E-state index in [1.807, 2.05) is 44.5 Å². The highest BCUT2D eigenvalue weighted by atomic mass is 32.1. The van der Waals surface area contributed by atoms with Crippen LogP contribution in [-0.4, -0.2) is 28.3 Å². The van der Waals surface area contributed by atoms with E-state index in [4.69, 9.17) is 9.31 Å². The van der Waals surface area contributed by atoms with Gasteiger partial charge in [0, 0.05) is 28.8 Å². The molecule has 0 saturated carbocycles. The van der Waals surface area contributed by atoms with Gasteiger partial charge in [0.15, 0.2) is 5.82 Å². The predicted octanol–water partition coefficient (Wildman–Crippen LogP) is 2.50. The summed E-state index contributed by atoms with van der Waals surface area (Å²) in [6, 6.07) is 2.01. The molecular weight excluding hydrogens is 271 g/mol. The number of aromatic nitrogens is 2. The van der Waals surface area contributed by atoms with Gasteiger partial charge in [0.25, 0.3) is 0 Å². The average molecular weight is 288 g/mol. The minimum absolute atomic E-state index is 0.344. The van der Waals surface area contributed by atoms with Gasteiger partial charge in [-0.05, 0) is 39.1 Å². The molecule has 6 heteroatoms. The Labute approximate surface area is 123 Å². The van der Waals surface area contributed by atoms with Gasteiger partial charge in [-0.3, -0.25) is 0 Å². The lowest BCUT2D eigenvalue weighted by atomic mass is 9.81. The normalized spacial score (nSPS) is 20.3. The summed E-state index contributed by atoms with van der Waals surface area (Å²) < 4.78 is 12.0. The van der Waals surface area contributed by atoms with Crippen LogP contribution < -0.4 is 5.46 Å². The molecule has 104 valence electrons. The minimum Gasteiger partial charge on any atom is -0.399 e. The van der Waals surface area contributed by atoms with Crippen LogP contribution in [0.2, 0.25) is 0 Å². The molecule has 1 aliphatic heterocycles. The fourth-order valence-corrected chi connectivity index (χ4v) is 2.61. The Bertz CT molecular complexity index is 580. The van der Waals surface area contributed by atoms with Crippen LogP contribution >= 0.6 is 11.3 Å². The largest absolute Gasteiger partial charge is 0.498 e. The van der Waals surface area contributed by atoms with Gasteiger partial charge >= 0.3 is 7.12 Å². The molecule has 0 spiro atoms. The smallest absolute Gasteiger partial charge is 0.399 e. The highest BCUT2D eigenvalue weighted by molar-refractivity contribution is 7.08. The van der Waals surface area contributed by atoms with Crippen molar-refractivity contribution >= 4 is 23.9 Å². The molecular formula is C14H17BN2O2S. The first-order valence-corrected chi connectivity index (χ1v) is 7.53. The van der Waals surface area contributed by atoms with Gasteiger partial charge in [-0.2, -0.15) is 11.3 Å². The summed E-state index contributed by atoms with van der Waals surface area (Å²) in [5.41, 5.74) is 1.20. The number of hydrogen-bond donors (Lipinski definition) is 0. The first-order chi connectivity index (χ1) is 9.39. The zero-order valence-electron chi connectivity index (χ0n) is 12.1. The molecule has 0 radical (unpaired) electrons. The summed E-state index contributed by atoms with van der Waals surface area (Å²) >= 11 is 1.63. The molecule has 4 nitrogen and oxygen atoms in total. The predicted molar refractivity (Wildman–Crippen MR) is 81.1 cm³/mol. The van der Waals surface area contributed by atoms with Crippen LogP contribution in [0.3, 0.4) is 0 Å². The maximum absolute atomic E-state index is 5.98. The first kappa shape index (κ1) is 13.7. The molecule has 0 amide bonds. The highest BCUT2D eigenvalue weighted by Gasteiger charge is 2.51. The number of nitrogens with zero attached hydrogens (tertiary/aromatic N) is 2. The van der Waals surface area contributed by atoms with Crippen LogP contribution in [0.15, 0.2) is 29.2 Å². The van der Waals surface area contributed by atoms with Crippen LogP contribution in [-0.2, 0) is 9.31 Å². The Hall–Kier alpha value is -1.24. The SMILES string of the molecule is CC1(C)OB(c2cnc(-c3ccsc3)nc2)OC1(C)C. The lowest BCUT2D eigenvalue weighted by molar-refractivity contribution is 0.00578. The third kappa shape index (κ3) is 2.28. The number of thiophene rings is 1. The van der Waals surface area contributed by atoms with Gasteiger partial charge in [-0.25, -0.2) is 9.97 Å². The van der Waals surface area contributed by atoms with Crippen LogP contribution in [0.4, 0.5) is 0 Å². The zero-order valence-corrected chi connectivity index (χ0v) is 12.9. The summed E-state index contributed by atoms with van der Waals surface area (Å²) in [5, 5.41) is 4.05. The van der Waals surface area contributed by atoms with Crippen LogP contribution in [0, 0.1) is 0 Å². The van der Waals surface area contributed by atoms with Crippen LogP contribution in [0.1, 0.15) is 27.7 Å². The molecule has 2 aromatic heterocycles. The van der Waals surface area contributed by atoms with Crippen molar-refractivity contribution in [3.63, 3.8) is 0 Å². The Kier molecular flexibility index (Phi) is 3.19. The molecule has 3 heterocycles. The van der Waals surface area contributed by atoms with E-state index in [0.29, 0.717) is 0 Å². The van der Waals surface area contributed by atoms with Crippen molar-refractivity contribution in [1.82, 2.24) is 9.97 Å². The zero-order chi connectivity index (χ0) is 14.4. The monoisotopic (exact) mass is 288 g/mol. The van der Waals surface area contributed by atoms with Gasteiger partial charge in [-0.1, -0.05) is 0 Å². The Morgan fingerprint density at radius 2 is 1.65 bits per heavy atom. The second-order valence-electron chi connectivity index (χ2n) is 5.94. The molecule has 1 aliphatic rings. The van der Waals surface area contributed by atoms with Gasteiger partial charge in [0.2, 0.25) is 0 Å². The van der Waals surface area contributed by atoms with E-state index < -0.39 is 7.12 Å². The summed E-state index contributed by atoms with van der Waals surface area (Å²) in [6.45, 7) is 8.14. The van der Waals surface area contributed by atoms with Crippen molar-refractivity contribution in [1.29, 1.82) is 0 Å². The second kappa shape index (κ2) is 4.65. The lowest BCUT2D eigenvalue weighted by Gasteiger charge is -2.32. The summed E-state index contributed by atoms with van der Waals surface area (Å²) in [6.07, 6.45) is 3.56. The number of hydrogen-bond acceptors (Lipinski definition) is 5. The van der Waals surface area contributed by atoms with Crippen LogP contribution in [0.5, 0.6) is 0 Å². The first-order valence-electron chi connectivity index (χ1n) is 6.59. The molecule has 1 saturated heterocycles. The van der Waals surface area contributed by atoms with E-state index >= 15 is 0 Å². The van der Waals surface area contributed by atoms with E-state index in [1.54, 1.807) is 23.7 Å². The van der Waals surface area contributed by atoms with Crippen molar-refractivity contribution in [3.8, 4) is 11.4 Å². The van der Waals surface area contributed by atoms with Crippen molar-refractivity contribution in [2.24, 2.45) is 0 Å². The highest BCUT2D eigenvalue weighted by Crippen LogP contribution is 2.36. The third-order valence-electron chi connectivity index (χ3n) is 3.98.